The van der Waals surface area contributed by atoms with Crippen molar-refractivity contribution in [1.82, 2.24) is 15.5 Å². The standard InChI is InChI=1S/C21H38N4O2.HI/c1-15(2)25(16(3)4)13-9-12-23-21(22-6)24-17(5)19-14-18(26-7)10-11-20(19)27-8;/h10-11,14-17H,9,12-13H2,1-8H3,(H2,22,23,24);1H. The van der Waals surface area contributed by atoms with Crippen LogP contribution in [0.1, 0.15) is 52.6 Å². The van der Waals surface area contributed by atoms with Crippen LogP contribution in [0.15, 0.2) is 23.2 Å². The van der Waals surface area contributed by atoms with Crippen molar-refractivity contribution < 1.29 is 9.47 Å². The van der Waals surface area contributed by atoms with E-state index in [2.05, 4.69) is 55.1 Å². The number of hydrogen-bond donors (Lipinski definition) is 2. The van der Waals surface area contributed by atoms with Crippen LogP contribution in [0, 0.1) is 0 Å². The van der Waals surface area contributed by atoms with Crippen LogP contribution in [-0.2, 0) is 0 Å². The summed E-state index contributed by atoms with van der Waals surface area (Å²) in [6, 6.07) is 6.97. The minimum absolute atomic E-state index is 0. The molecule has 0 saturated carbocycles. The number of halogens is 1. The van der Waals surface area contributed by atoms with Crippen molar-refractivity contribution in [1.29, 1.82) is 0 Å². The zero-order chi connectivity index (χ0) is 20.4. The Bertz CT molecular complexity index is 586. The predicted molar refractivity (Wildman–Crippen MR) is 129 cm³/mol. The highest BCUT2D eigenvalue weighted by atomic mass is 127. The van der Waals surface area contributed by atoms with Gasteiger partial charge in [-0.25, -0.2) is 0 Å². The van der Waals surface area contributed by atoms with E-state index in [4.69, 9.17) is 9.47 Å². The summed E-state index contributed by atoms with van der Waals surface area (Å²) < 4.78 is 10.8. The number of methoxy groups -OCH3 is 2. The maximum atomic E-state index is 5.49. The molecular formula is C21H39IN4O2. The van der Waals surface area contributed by atoms with Crippen LogP contribution in [0.3, 0.4) is 0 Å². The van der Waals surface area contributed by atoms with E-state index >= 15 is 0 Å². The zero-order valence-electron chi connectivity index (χ0n) is 18.7. The largest absolute Gasteiger partial charge is 0.497 e. The highest BCUT2D eigenvalue weighted by molar-refractivity contribution is 14.0. The highest BCUT2D eigenvalue weighted by Crippen LogP contribution is 2.29. The summed E-state index contributed by atoms with van der Waals surface area (Å²) in [4.78, 5) is 6.85. The lowest BCUT2D eigenvalue weighted by Crippen LogP contribution is -2.42. The van der Waals surface area contributed by atoms with Crippen molar-refractivity contribution in [2.75, 3.05) is 34.4 Å². The molecule has 2 N–H and O–H groups in total. The molecule has 0 heterocycles. The van der Waals surface area contributed by atoms with Crippen LogP contribution in [0.5, 0.6) is 11.5 Å². The number of guanidine groups is 1. The molecule has 0 amide bonds. The van der Waals surface area contributed by atoms with E-state index in [0.29, 0.717) is 12.1 Å². The van der Waals surface area contributed by atoms with E-state index in [0.717, 1.165) is 42.5 Å². The second-order valence-electron chi connectivity index (χ2n) is 7.25. The van der Waals surface area contributed by atoms with Crippen LogP contribution in [0.25, 0.3) is 0 Å². The molecule has 1 unspecified atom stereocenters. The van der Waals surface area contributed by atoms with Gasteiger partial charge in [0, 0.05) is 37.8 Å². The van der Waals surface area contributed by atoms with Gasteiger partial charge >= 0.3 is 0 Å². The molecule has 7 heteroatoms. The van der Waals surface area contributed by atoms with Crippen LogP contribution in [0.2, 0.25) is 0 Å². The first kappa shape index (κ1) is 26.8. The van der Waals surface area contributed by atoms with Gasteiger partial charge in [-0.05, 0) is 59.2 Å². The second-order valence-corrected chi connectivity index (χ2v) is 7.25. The molecule has 0 aliphatic carbocycles. The fourth-order valence-corrected chi connectivity index (χ4v) is 3.24. The Balaban J connectivity index is 0.00000729. The van der Waals surface area contributed by atoms with Gasteiger partial charge in [0.05, 0.1) is 20.3 Å². The Morgan fingerprint density at radius 2 is 1.71 bits per heavy atom. The number of aliphatic imine (C=N–C) groups is 1. The minimum atomic E-state index is 0. The fraction of sp³-hybridized carbons (Fsp3) is 0.667. The Hall–Kier alpha value is -1.22. The third-order valence-corrected chi connectivity index (χ3v) is 4.69. The van der Waals surface area contributed by atoms with Gasteiger partial charge in [-0.2, -0.15) is 0 Å². The lowest BCUT2D eigenvalue weighted by atomic mass is 10.1. The molecule has 162 valence electrons. The Labute approximate surface area is 188 Å². The molecule has 0 aromatic heterocycles. The monoisotopic (exact) mass is 506 g/mol. The van der Waals surface area contributed by atoms with Gasteiger partial charge in [-0.15, -0.1) is 24.0 Å². The van der Waals surface area contributed by atoms with Crippen molar-refractivity contribution in [3.05, 3.63) is 23.8 Å². The van der Waals surface area contributed by atoms with Crippen LogP contribution in [-0.4, -0.2) is 57.3 Å². The minimum Gasteiger partial charge on any atom is -0.497 e. The van der Waals surface area contributed by atoms with Crippen molar-refractivity contribution in [3.63, 3.8) is 0 Å². The molecule has 1 atom stereocenters. The number of nitrogens with zero attached hydrogens (tertiary/aromatic N) is 2. The van der Waals surface area contributed by atoms with E-state index in [9.17, 15) is 0 Å². The first-order valence-electron chi connectivity index (χ1n) is 9.78. The van der Waals surface area contributed by atoms with Crippen molar-refractivity contribution in [2.45, 2.75) is 59.2 Å². The summed E-state index contributed by atoms with van der Waals surface area (Å²) in [6.07, 6.45) is 1.06. The number of rotatable bonds is 10. The average molecular weight is 506 g/mol. The highest BCUT2D eigenvalue weighted by Gasteiger charge is 2.15. The fourth-order valence-electron chi connectivity index (χ4n) is 3.24. The molecule has 0 radical (unpaired) electrons. The van der Waals surface area contributed by atoms with Crippen molar-refractivity contribution in [3.8, 4) is 11.5 Å². The van der Waals surface area contributed by atoms with Crippen LogP contribution < -0.4 is 20.1 Å². The van der Waals surface area contributed by atoms with E-state index < -0.39 is 0 Å². The first-order valence-corrected chi connectivity index (χ1v) is 9.78. The smallest absolute Gasteiger partial charge is 0.191 e. The quantitative estimate of drug-likeness (QED) is 0.217. The molecule has 0 aliphatic rings. The summed E-state index contributed by atoms with van der Waals surface area (Å²) in [5, 5.41) is 6.84. The van der Waals surface area contributed by atoms with Crippen molar-refractivity contribution >= 4 is 29.9 Å². The third-order valence-electron chi connectivity index (χ3n) is 4.69. The normalized spacial score (nSPS) is 12.8. The summed E-state index contributed by atoms with van der Waals surface area (Å²) in [5.41, 5.74) is 1.03. The molecule has 6 nitrogen and oxygen atoms in total. The molecule has 0 saturated heterocycles. The molecule has 1 aromatic carbocycles. The SMILES string of the molecule is CN=C(NCCCN(C(C)C)C(C)C)NC(C)c1cc(OC)ccc1OC.I. The van der Waals surface area contributed by atoms with Crippen LogP contribution in [0.4, 0.5) is 0 Å². The van der Waals surface area contributed by atoms with Gasteiger partial charge in [-0.1, -0.05) is 0 Å². The van der Waals surface area contributed by atoms with Gasteiger partial charge in [0.15, 0.2) is 5.96 Å². The molecular weight excluding hydrogens is 467 g/mol. The number of nitrogens with one attached hydrogen (secondary N) is 2. The summed E-state index contributed by atoms with van der Waals surface area (Å²) >= 11 is 0. The zero-order valence-corrected chi connectivity index (χ0v) is 21.0. The first-order chi connectivity index (χ1) is 12.8. The van der Waals surface area contributed by atoms with E-state index in [-0.39, 0.29) is 30.0 Å². The molecule has 0 bridgehead atoms. The summed E-state index contributed by atoms with van der Waals surface area (Å²) in [6.45, 7) is 13.0. The van der Waals surface area contributed by atoms with Crippen LogP contribution >= 0.6 is 24.0 Å². The average Bonchev–Trinajstić information content (AvgIpc) is 2.65. The molecule has 28 heavy (non-hydrogen) atoms. The molecule has 0 fully saturated rings. The maximum Gasteiger partial charge on any atom is 0.191 e. The lowest BCUT2D eigenvalue weighted by Gasteiger charge is -2.30. The van der Waals surface area contributed by atoms with Gasteiger partial charge in [-0.3, -0.25) is 9.89 Å². The number of hydrogen-bond acceptors (Lipinski definition) is 4. The molecule has 1 aromatic rings. The van der Waals surface area contributed by atoms with Gasteiger partial charge in [0.2, 0.25) is 0 Å². The Morgan fingerprint density at radius 1 is 1.07 bits per heavy atom. The van der Waals surface area contributed by atoms with Gasteiger partial charge in [0.1, 0.15) is 11.5 Å². The third kappa shape index (κ3) is 8.43. The summed E-state index contributed by atoms with van der Waals surface area (Å²) in [5.74, 6) is 2.42. The van der Waals surface area contributed by atoms with Crippen molar-refractivity contribution in [2.24, 2.45) is 4.99 Å². The maximum absolute atomic E-state index is 5.49. The lowest BCUT2D eigenvalue weighted by molar-refractivity contribution is 0.173. The topological polar surface area (TPSA) is 58.1 Å². The van der Waals surface area contributed by atoms with E-state index in [1.807, 2.05) is 18.2 Å². The van der Waals surface area contributed by atoms with E-state index in [1.165, 1.54) is 0 Å². The second kappa shape index (κ2) is 13.9. The molecule has 0 aliphatic heterocycles. The van der Waals surface area contributed by atoms with Gasteiger partial charge in [0.25, 0.3) is 0 Å². The number of benzene rings is 1. The van der Waals surface area contributed by atoms with Gasteiger partial charge < -0.3 is 20.1 Å². The predicted octanol–water partition coefficient (Wildman–Crippen LogP) is 4.06. The Kier molecular flexibility index (Phi) is 13.3. The Morgan fingerprint density at radius 3 is 2.21 bits per heavy atom. The number of ether oxygens (including phenoxy) is 2. The molecule has 0 spiro atoms. The summed E-state index contributed by atoms with van der Waals surface area (Å²) in [7, 11) is 5.14. The molecule has 1 rings (SSSR count). The van der Waals surface area contributed by atoms with E-state index in [1.54, 1.807) is 21.3 Å².